The lowest BCUT2D eigenvalue weighted by Gasteiger charge is -2.15. The van der Waals surface area contributed by atoms with Gasteiger partial charge in [-0.05, 0) is 30.2 Å². The second-order valence-corrected chi connectivity index (χ2v) is 7.86. The van der Waals surface area contributed by atoms with Crippen molar-refractivity contribution in [3.63, 3.8) is 0 Å². The van der Waals surface area contributed by atoms with Crippen LogP contribution in [0.1, 0.15) is 29.3 Å². The first-order chi connectivity index (χ1) is 15.5. The zero-order valence-corrected chi connectivity index (χ0v) is 17.8. The van der Waals surface area contributed by atoms with Crippen LogP contribution in [0, 0.1) is 0 Å². The molecular formula is C24H25N5O3. The Kier molecular flexibility index (Phi) is 6.30. The minimum atomic E-state index is -0.189. The molecule has 0 aliphatic carbocycles. The average Bonchev–Trinajstić information content (AvgIpc) is 3.44. The summed E-state index contributed by atoms with van der Waals surface area (Å²) in [5.41, 5.74) is 2.73. The quantitative estimate of drug-likeness (QED) is 0.626. The average molecular weight is 431 g/mol. The Morgan fingerprint density at radius 1 is 1.09 bits per heavy atom. The third kappa shape index (κ3) is 5.21. The molecule has 32 heavy (non-hydrogen) atoms. The van der Waals surface area contributed by atoms with Gasteiger partial charge in [0.15, 0.2) is 0 Å². The van der Waals surface area contributed by atoms with Gasteiger partial charge in [-0.1, -0.05) is 36.4 Å². The van der Waals surface area contributed by atoms with Crippen LogP contribution < -0.4 is 10.6 Å². The SMILES string of the molecule is CC(=O)N1CC[C@H](NC(=O)c2cccc(-n3cc(NC(=O)Cc4ccccc4)cn3)c2)C1. The van der Waals surface area contributed by atoms with E-state index in [4.69, 9.17) is 0 Å². The van der Waals surface area contributed by atoms with E-state index in [1.165, 1.54) is 6.92 Å². The number of carbonyl (C=O) groups excluding carboxylic acids is 3. The molecule has 0 spiro atoms. The lowest BCUT2D eigenvalue weighted by atomic mass is 10.1. The van der Waals surface area contributed by atoms with E-state index in [0.717, 1.165) is 12.0 Å². The number of nitrogens with zero attached hydrogens (tertiary/aromatic N) is 3. The van der Waals surface area contributed by atoms with Crippen LogP contribution in [0.4, 0.5) is 5.69 Å². The topological polar surface area (TPSA) is 96.3 Å². The van der Waals surface area contributed by atoms with E-state index in [9.17, 15) is 14.4 Å². The first kappa shape index (κ1) is 21.3. The van der Waals surface area contributed by atoms with Crippen LogP contribution >= 0.6 is 0 Å². The second kappa shape index (κ2) is 9.47. The summed E-state index contributed by atoms with van der Waals surface area (Å²) in [7, 11) is 0. The van der Waals surface area contributed by atoms with Crippen molar-refractivity contribution in [3.05, 3.63) is 78.1 Å². The molecule has 0 bridgehead atoms. The Balaban J connectivity index is 1.38. The molecule has 2 heterocycles. The van der Waals surface area contributed by atoms with Gasteiger partial charge in [-0.25, -0.2) is 4.68 Å². The monoisotopic (exact) mass is 431 g/mol. The number of benzene rings is 2. The molecule has 8 heteroatoms. The van der Waals surface area contributed by atoms with Crippen molar-refractivity contribution in [1.82, 2.24) is 20.0 Å². The number of likely N-dealkylation sites (tertiary alicyclic amines) is 1. The van der Waals surface area contributed by atoms with E-state index in [-0.39, 0.29) is 30.2 Å². The fourth-order valence-corrected chi connectivity index (χ4v) is 3.74. The van der Waals surface area contributed by atoms with E-state index in [1.807, 2.05) is 36.4 Å². The summed E-state index contributed by atoms with van der Waals surface area (Å²) in [6.07, 6.45) is 4.31. The smallest absolute Gasteiger partial charge is 0.251 e. The van der Waals surface area contributed by atoms with Gasteiger partial charge < -0.3 is 15.5 Å². The maximum atomic E-state index is 12.7. The molecule has 3 amide bonds. The van der Waals surface area contributed by atoms with Crippen molar-refractivity contribution in [2.45, 2.75) is 25.8 Å². The van der Waals surface area contributed by atoms with Crippen LogP contribution in [0.15, 0.2) is 67.0 Å². The van der Waals surface area contributed by atoms with Gasteiger partial charge in [0.05, 0.1) is 30.2 Å². The van der Waals surface area contributed by atoms with Crippen molar-refractivity contribution in [2.75, 3.05) is 18.4 Å². The summed E-state index contributed by atoms with van der Waals surface area (Å²) in [6, 6.07) is 16.6. The fraction of sp³-hybridized carbons (Fsp3) is 0.250. The first-order valence-electron chi connectivity index (χ1n) is 10.5. The third-order valence-electron chi connectivity index (χ3n) is 5.42. The highest BCUT2D eigenvalue weighted by Gasteiger charge is 2.25. The number of anilines is 1. The molecule has 1 fully saturated rings. The van der Waals surface area contributed by atoms with Gasteiger partial charge in [0.1, 0.15) is 0 Å². The molecule has 2 aromatic carbocycles. The molecule has 1 saturated heterocycles. The third-order valence-corrected chi connectivity index (χ3v) is 5.42. The van der Waals surface area contributed by atoms with Crippen LogP contribution in [0.3, 0.4) is 0 Å². The second-order valence-electron chi connectivity index (χ2n) is 7.86. The number of amides is 3. The van der Waals surface area contributed by atoms with Crippen LogP contribution in [0.25, 0.3) is 5.69 Å². The zero-order valence-electron chi connectivity index (χ0n) is 17.8. The summed E-state index contributed by atoms with van der Waals surface area (Å²) in [5, 5.41) is 10.1. The van der Waals surface area contributed by atoms with Gasteiger partial charge in [0, 0.05) is 31.6 Å². The number of hydrogen-bond donors (Lipinski definition) is 2. The van der Waals surface area contributed by atoms with Gasteiger partial charge in [-0.2, -0.15) is 5.10 Å². The molecule has 1 aliphatic heterocycles. The maximum Gasteiger partial charge on any atom is 0.251 e. The number of aromatic nitrogens is 2. The molecule has 1 atom stereocenters. The lowest BCUT2D eigenvalue weighted by molar-refractivity contribution is -0.127. The van der Waals surface area contributed by atoms with Crippen LogP contribution in [0.5, 0.6) is 0 Å². The normalized spacial score (nSPS) is 15.4. The Morgan fingerprint density at radius 3 is 2.66 bits per heavy atom. The molecule has 8 nitrogen and oxygen atoms in total. The van der Waals surface area contributed by atoms with Gasteiger partial charge in [0.2, 0.25) is 11.8 Å². The number of nitrogens with one attached hydrogen (secondary N) is 2. The fourth-order valence-electron chi connectivity index (χ4n) is 3.74. The Hall–Kier alpha value is -3.94. The zero-order chi connectivity index (χ0) is 22.5. The Bertz CT molecular complexity index is 1130. The summed E-state index contributed by atoms with van der Waals surface area (Å²) in [5.74, 6) is -0.292. The highest BCUT2D eigenvalue weighted by molar-refractivity contribution is 5.95. The summed E-state index contributed by atoms with van der Waals surface area (Å²) < 4.78 is 1.61. The Labute approximate surface area is 186 Å². The molecule has 0 saturated carbocycles. The van der Waals surface area contributed by atoms with Crippen molar-refractivity contribution >= 4 is 23.4 Å². The Morgan fingerprint density at radius 2 is 1.91 bits per heavy atom. The van der Waals surface area contributed by atoms with Crippen LogP contribution in [-0.4, -0.2) is 51.5 Å². The largest absolute Gasteiger partial charge is 0.347 e. The minimum Gasteiger partial charge on any atom is -0.347 e. The predicted octanol–water partition coefficient (Wildman–Crippen LogP) is 2.40. The van der Waals surface area contributed by atoms with Gasteiger partial charge in [0.25, 0.3) is 5.91 Å². The van der Waals surface area contributed by atoms with Gasteiger partial charge in [-0.3, -0.25) is 14.4 Å². The molecule has 164 valence electrons. The highest BCUT2D eigenvalue weighted by atomic mass is 16.2. The summed E-state index contributed by atoms with van der Waals surface area (Å²) in [4.78, 5) is 38.2. The van der Waals surface area contributed by atoms with E-state index >= 15 is 0 Å². The van der Waals surface area contributed by atoms with Crippen LogP contribution in [-0.2, 0) is 16.0 Å². The van der Waals surface area contributed by atoms with Gasteiger partial charge >= 0.3 is 0 Å². The molecule has 0 radical (unpaired) electrons. The molecule has 0 unspecified atom stereocenters. The molecule has 1 aliphatic rings. The number of rotatable bonds is 6. The number of hydrogen-bond acceptors (Lipinski definition) is 4. The van der Waals surface area contributed by atoms with E-state index < -0.39 is 0 Å². The van der Waals surface area contributed by atoms with Crippen molar-refractivity contribution in [2.24, 2.45) is 0 Å². The number of carbonyl (C=O) groups is 3. The predicted molar refractivity (Wildman–Crippen MR) is 120 cm³/mol. The molecular weight excluding hydrogens is 406 g/mol. The molecule has 3 aromatic rings. The van der Waals surface area contributed by atoms with Crippen LogP contribution in [0.2, 0.25) is 0 Å². The van der Waals surface area contributed by atoms with Crippen molar-refractivity contribution < 1.29 is 14.4 Å². The summed E-state index contributed by atoms with van der Waals surface area (Å²) in [6.45, 7) is 2.73. The maximum absolute atomic E-state index is 12.7. The van der Waals surface area contributed by atoms with Crippen molar-refractivity contribution in [1.29, 1.82) is 0 Å². The lowest BCUT2D eigenvalue weighted by Crippen LogP contribution is -2.38. The van der Waals surface area contributed by atoms with E-state index in [2.05, 4.69) is 15.7 Å². The van der Waals surface area contributed by atoms with Crippen molar-refractivity contribution in [3.8, 4) is 5.69 Å². The molecule has 1 aromatic heterocycles. The molecule has 4 rings (SSSR count). The highest BCUT2D eigenvalue weighted by Crippen LogP contribution is 2.15. The van der Waals surface area contributed by atoms with E-state index in [0.29, 0.717) is 30.0 Å². The van der Waals surface area contributed by atoms with E-state index in [1.54, 1.807) is 40.2 Å². The first-order valence-corrected chi connectivity index (χ1v) is 10.5. The summed E-state index contributed by atoms with van der Waals surface area (Å²) >= 11 is 0. The standard InChI is InChI=1S/C24H25N5O3/c1-17(30)28-11-10-20(15-28)27-24(32)19-8-5-9-22(13-19)29-16-21(14-25-29)26-23(31)12-18-6-3-2-4-7-18/h2-9,13-14,16,20H,10-12,15H2,1H3,(H,26,31)(H,27,32)/t20-/m0/s1. The molecule has 2 N–H and O–H groups in total. The van der Waals surface area contributed by atoms with Gasteiger partial charge in [-0.15, -0.1) is 0 Å². The minimum absolute atomic E-state index is 0.0223.